The molecule has 0 unspecified atom stereocenters. The summed E-state index contributed by atoms with van der Waals surface area (Å²) in [5.41, 5.74) is 2.31. The van der Waals surface area contributed by atoms with Gasteiger partial charge in [0.05, 0.1) is 12.3 Å². The lowest BCUT2D eigenvalue weighted by Gasteiger charge is -1.98. The van der Waals surface area contributed by atoms with E-state index in [9.17, 15) is 0 Å². The number of aliphatic hydroxyl groups excluding tert-OH is 1. The van der Waals surface area contributed by atoms with Crippen molar-refractivity contribution in [1.29, 1.82) is 0 Å². The first-order valence-electron chi connectivity index (χ1n) is 3.94. The standard InChI is InChI=1S/C8H7Br2N3O/c1-4-5(3-14)11-8-7(10)12-6(9)2-13(4)8/h2,14H,3H2,1H3. The molecular formula is C8H7Br2N3O. The summed E-state index contributed by atoms with van der Waals surface area (Å²) in [5.74, 6) is 0. The Morgan fingerprint density at radius 2 is 2.14 bits per heavy atom. The van der Waals surface area contributed by atoms with Gasteiger partial charge >= 0.3 is 0 Å². The summed E-state index contributed by atoms with van der Waals surface area (Å²) < 4.78 is 3.27. The second-order valence-corrected chi connectivity index (χ2v) is 4.41. The molecule has 0 spiro atoms. The van der Waals surface area contributed by atoms with E-state index in [1.807, 2.05) is 17.5 Å². The van der Waals surface area contributed by atoms with E-state index in [0.717, 1.165) is 15.9 Å². The summed E-state index contributed by atoms with van der Waals surface area (Å²) in [6.07, 6.45) is 1.82. The molecule has 2 aromatic heterocycles. The number of halogens is 2. The van der Waals surface area contributed by atoms with Gasteiger partial charge in [-0.2, -0.15) is 0 Å². The summed E-state index contributed by atoms with van der Waals surface area (Å²) in [7, 11) is 0. The molecule has 0 bridgehead atoms. The Balaban J connectivity index is 2.85. The normalized spacial score (nSPS) is 11.1. The van der Waals surface area contributed by atoms with Crippen molar-refractivity contribution < 1.29 is 5.11 Å². The number of fused-ring (bicyclic) bond motifs is 1. The number of aromatic nitrogens is 3. The third-order valence-electron chi connectivity index (χ3n) is 2.02. The van der Waals surface area contributed by atoms with Crippen molar-refractivity contribution in [3.05, 3.63) is 26.8 Å². The molecule has 2 aromatic rings. The Hall–Kier alpha value is -0.460. The lowest BCUT2D eigenvalue weighted by molar-refractivity contribution is 0.276. The third kappa shape index (κ3) is 1.47. The van der Waals surface area contributed by atoms with Crippen molar-refractivity contribution in [3.8, 4) is 0 Å². The van der Waals surface area contributed by atoms with Gasteiger partial charge in [-0.25, -0.2) is 9.97 Å². The fraction of sp³-hybridized carbons (Fsp3) is 0.250. The molecular weight excluding hydrogens is 314 g/mol. The van der Waals surface area contributed by atoms with E-state index in [0.29, 0.717) is 10.3 Å². The predicted octanol–water partition coefficient (Wildman–Crippen LogP) is 2.06. The van der Waals surface area contributed by atoms with E-state index < -0.39 is 0 Å². The van der Waals surface area contributed by atoms with E-state index in [4.69, 9.17) is 5.11 Å². The van der Waals surface area contributed by atoms with Crippen LogP contribution in [0.2, 0.25) is 0 Å². The number of aliphatic hydroxyl groups is 1. The number of rotatable bonds is 1. The second-order valence-electron chi connectivity index (χ2n) is 2.85. The van der Waals surface area contributed by atoms with Crippen LogP contribution in [0.25, 0.3) is 5.65 Å². The molecule has 6 heteroatoms. The van der Waals surface area contributed by atoms with Crippen LogP contribution >= 0.6 is 31.9 Å². The molecule has 0 aromatic carbocycles. The summed E-state index contributed by atoms with van der Waals surface area (Å²) in [4.78, 5) is 8.41. The fourth-order valence-electron chi connectivity index (χ4n) is 1.29. The molecule has 0 aliphatic rings. The maximum absolute atomic E-state index is 9.06. The number of nitrogens with zero attached hydrogens (tertiary/aromatic N) is 3. The zero-order chi connectivity index (χ0) is 10.3. The highest BCUT2D eigenvalue weighted by Crippen LogP contribution is 2.21. The first kappa shape index (κ1) is 10.1. The van der Waals surface area contributed by atoms with Gasteiger partial charge in [0.25, 0.3) is 0 Å². The van der Waals surface area contributed by atoms with Crippen molar-refractivity contribution >= 4 is 37.5 Å². The molecule has 0 aliphatic heterocycles. The maximum atomic E-state index is 9.06. The smallest absolute Gasteiger partial charge is 0.170 e. The average molecular weight is 321 g/mol. The number of hydrogen-bond donors (Lipinski definition) is 1. The average Bonchev–Trinajstić information content (AvgIpc) is 2.44. The molecule has 0 saturated heterocycles. The third-order valence-corrected chi connectivity index (χ3v) is 2.94. The van der Waals surface area contributed by atoms with Gasteiger partial charge in [0.1, 0.15) is 4.60 Å². The van der Waals surface area contributed by atoms with Crippen LogP contribution in [-0.4, -0.2) is 19.5 Å². The van der Waals surface area contributed by atoms with Gasteiger partial charge in [0.15, 0.2) is 10.3 Å². The van der Waals surface area contributed by atoms with Crippen LogP contribution < -0.4 is 0 Å². The van der Waals surface area contributed by atoms with E-state index in [1.54, 1.807) is 0 Å². The Morgan fingerprint density at radius 3 is 2.79 bits per heavy atom. The zero-order valence-electron chi connectivity index (χ0n) is 7.33. The van der Waals surface area contributed by atoms with Crippen LogP contribution in [0.4, 0.5) is 0 Å². The molecule has 0 saturated carbocycles. The molecule has 0 aliphatic carbocycles. The van der Waals surface area contributed by atoms with Crippen molar-refractivity contribution in [2.45, 2.75) is 13.5 Å². The molecule has 1 N–H and O–H groups in total. The Labute approximate surface area is 97.2 Å². The summed E-state index contributed by atoms with van der Waals surface area (Å²) >= 11 is 6.61. The minimum absolute atomic E-state index is 0.0580. The van der Waals surface area contributed by atoms with Crippen LogP contribution in [0.5, 0.6) is 0 Å². The van der Waals surface area contributed by atoms with Crippen LogP contribution in [0.3, 0.4) is 0 Å². The minimum atomic E-state index is -0.0580. The molecule has 0 atom stereocenters. The van der Waals surface area contributed by atoms with Gasteiger partial charge in [-0.15, -0.1) is 0 Å². The largest absolute Gasteiger partial charge is 0.390 e. The van der Waals surface area contributed by atoms with Crippen LogP contribution in [0.15, 0.2) is 15.4 Å². The highest BCUT2D eigenvalue weighted by Gasteiger charge is 2.11. The Morgan fingerprint density at radius 1 is 1.43 bits per heavy atom. The molecule has 74 valence electrons. The Bertz CT molecular complexity index is 495. The molecule has 0 amide bonds. The summed E-state index contributed by atoms with van der Waals surface area (Å²) in [6, 6.07) is 0. The molecule has 2 heterocycles. The maximum Gasteiger partial charge on any atom is 0.170 e. The molecule has 4 nitrogen and oxygen atoms in total. The van der Waals surface area contributed by atoms with E-state index in [2.05, 4.69) is 41.8 Å². The highest BCUT2D eigenvalue weighted by molar-refractivity contribution is 9.11. The van der Waals surface area contributed by atoms with E-state index in [-0.39, 0.29) is 6.61 Å². The summed E-state index contributed by atoms with van der Waals surface area (Å²) in [6.45, 7) is 1.85. The molecule has 0 fully saturated rings. The Kier molecular flexibility index (Phi) is 2.59. The van der Waals surface area contributed by atoms with Crippen molar-refractivity contribution in [1.82, 2.24) is 14.4 Å². The van der Waals surface area contributed by atoms with Crippen LogP contribution in [-0.2, 0) is 6.61 Å². The predicted molar refractivity (Wildman–Crippen MR) is 59.0 cm³/mol. The minimum Gasteiger partial charge on any atom is -0.390 e. The first-order valence-corrected chi connectivity index (χ1v) is 5.52. The topological polar surface area (TPSA) is 50.4 Å². The van der Waals surface area contributed by atoms with Crippen LogP contribution in [0.1, 0.15) is 11.4 Å². The van der Waals surface area contributed by atoms with Gasteiger partial charge in [-0.1, -0.05) is 0 Å². The van der Waals surface area contributed by atoms with Crippen LogP contribution in [0, 0.1) is 6.92 Å². The number of imidazole rings is 1. The molecule has 2 rings (SSSR count). The highest BCUT2D eigenvalue weighted by atomic mass is 79.9. The van der Waals surface area contributed by atoms with Gasteiger partial charge in [-0.3, -0.25) is 4.40 Å². The SMILES string of the molecule is Cc1c(CO)nc2c(Br)nc(Br)cn12. The van der Waals surface area contributed by atoms with Crippen molar-refractivity contribution in [2.75, 3.05) is 0 Å². The van der Waals surface area contributed by atoms with E-state index >= 15 is 0 Å². The number of hydrogen-bond acceptors (Lipinski definition) is 3. The quantitative estimate of drug-likeness (QED) is 0.875. The zero-order valence-corrected chi connectivity index (χ0v) is 10.5. The van der Waals surface area contributed by atoms with Gasteiger partial charge < -0.3 is 5.11 Å². The lowest BCUT2D eigenvalue weighted by atomic mass is 10.4. The van der Waals surface area contributed by atoms with Crippen molar-refractivity contribution in [2.24, 2.45) is 0 Å². The van der Waals surface area contributed by atoms with E-state index in [1.165, 1.54) is 0 Å². The first-order chi connectivity index (χ1) is 6.63. The van der Waals surface area contributed by atoms with Crippen molar-refractivity contribution in [3.63, 3.8) is 0 Å². The number of aryl methyl sites for hydroxylation is 1. The lowest BCUT2D eigenvalue weighted by Crippen LogP contribution is -1.92. The second kappa shape index (κ2) is 3.60. The van der Waals surface area contributed by atoms with Gasteiger partial charge in [-0.05, 0) is 38.8 Å². The monoisotopic (exact) mass is 319 g/mol. The van der Waals surface area contributed by atoms with Gasteiger partial charge in [0, 0.05) is 11.9 Å². The fourth-order valence-corrected chi connectivity index (χ4v) is 2.38. The molecule has 0 radical (unpaired) electrons. The van der Waals surface area contributed by atoms with Gasteiger partial charge in [0.2, 0.25) is 0 Å². The summed E-state index contributed by atoms with van der Waals surface area (Å²) in [5, 5.41) is 9.06. The molecule has 14 heavy (non-hydrogen) atoms.